The van der Waals surface area contributed by atoms with E-state index in [4.69, 9.17) is 4.74 Å². The van der Waals surface area contributed by atoms with Gasteiger partial charge in [-0.2, -0.15) is 8.78 Å². The van der Waals surface area contributed by atoms with Gasteiger partial charge in [0.05, 0.1) is 18.1 Å². The Balaban J connectivity index is 1.56. The normalized spacial score (nSPS) is 19.5. The second-order valence-electron chi connectivity index (χ2n) is 8.20. The molecule has 2 aromatic rings. The predicted octanol–water partition coefficient (Wildman–Crippen LogP) is 5.16. The molecule has 27 heavy (non-hydrogen) atoms. The molecule has 0 unspecified atom stereocenters. The van der Waals surface area contributed by atoms with Crippen LogP contribution in [0.25, 0.3) is 11.0 Å². The molecule has 6 heteroatoms. The van der Waals surface area contributed by atoms with E-state index in [1.54, 1.807) is 18.2 Å². The Hall–Kier alpha value is -1.98. The average molecular weight is 376 g/mol. The molecule has 0 atom stereocenters. The molecule has 1 aromatic heterocycles. The van der Waals surface area contributed by atoms with Crippen LogP contribution in [0.15, 0.2) is 23.0 Å². The molecule has 2 aliphatic carbocycles. The smallest absolute Gasteiger partial charge is 0.300 e. The van der Waals surface area contributed by atoms with Gasteiger partial charge in [0.1, 0.15) is 5.75 Å². The van der Waals surface area contributed by atoms with Crippen LogP contribution in [0.3, 0.4) is 0 Å². The van der Waals surface area contributed by atoms with Gasteiger partial charge in [-0.05, 0) is 37.3 Å². The number of alkyl halides is 2. The van der Waals surface area contributed by atoms with Crippen molar-refractivity contribution in [3.05, 3.63) is 34.2 Å². The molecule has 1 N–H and O–H groups in total. The van der Waals surface area contributed by atoms with Gasteiger partial charge in [-0.3, -0.25) is 4.79 Å². The van der Waals surface area contributed by atoms with Crippen LogP contribution in [-0.2, 0) is 5.92 Å². The second kappa shape index (κ2) is 6.88. The zero-order valence-electron chi connectivity index (χ0n) is 15.7. The summed E-state index contributed by atoms with van der Waals surface area (Å²) in [6.45, 7) is 0. The van der Waals surface area contributed by atoms with E-state index in [9.17, 15) is 4.79 Å². The van der Waals surface area contributed by atoms with Gasteiger partial charge in [0.15, 0.2) is 5.69 Å². The van der Waals surface area contributed by atoms with Crippen molar-refractivity contribution in [2.45, 2.75) is 63.7 Å². The second-order valence-corrected chi connectivity index (χ2v) is 8.20. The number of hydrogen-bond donors (Lipinski definition) is 1. The Morgan fingerprint density at radius 2 is 2.04 bits per heavy atom. The summed E-state index contributed by atoms with van der Waals surface area (Å²) in [5, 5.41) is 0. The van der Waals surface area contributed by atoms with Crippen molar-refractivity contribution in [3.63, 3.8) is 0 Å². The average Bonchev–Trinajstić information content (AvgIpc) is 3.28. The highest BCUT2D eigenvalue weighted by Gasteiger charge is 2.63. The number of H-pyrrole nitrogens is 1. The van der Waals surface area contributed by atoms with Gasteiger partial charge in [0.2, 0.25) is 0 Å². The Morgan fingerprint density at radius 3 is 2.70 bits per heavy atom. The lowest BCUT2D eigenvalue weighted by molar-refractivity contribution is -0.0893. The van der Waals surface area contributed by atoms with E-state index in [1.165, 1.54) is 32.8 Å². The molecule has 1 heterocycles. The van der Waals surface area contributed by atoms with E-state index in [-0.39, 0.29) is 0 Å². The summed E-state index contributed by atoms with van der Waals surface area (Å²) >= 11 is 0. The Morgan fingerprint density at radius 1 is 1.30 bits per heavy atom. The lowest BCUT2D eigenvalue weighted by Crippen LogP contribution is -2.35. The van der Waals surface area contributed by atoms with Gasteiger partial charge in [0, 0.05) is 11.5 Å². The van der Waals surface area contributed by atoms with E-state index >= 15 is 8.78 Å². The SMILES string of the molecule is COc1ccc2nc(C(F)(F)C3(CCCC4CCCC4)CC3)c(=O)[nH]c2c1. The summed E-state index contributed by atoms with van der Waals surface area (Å²) in [7, 11) is 1.51. The molecule has 0 radical (unpaired) electrons. The molecule has 2 saturated carbocycles. The highest BCUT2D eigenvalue weighted by Crippen LogP contribution is 2.63. The topological polar surface area (TPSA) is 55.0 Å². The number of aromatic amines is 1. The fourth-order valence-electron chi connectivity index (χ4n) is 4.56. The fraction of sp³-hybridized carbons (Fsp3) is 0.619. The maximum atomic E-state index is 15.3. The van der Waals surface area contributed by atoms with E-state index in [1.807, 2.05) is 0 Å². The predicted molar refractivity (Wildman–Crippen MR) is 100 cm³/mol. The third-order valence-electron chi connectivity index (χ3n) is 6.46. The van der Waals surface area contributed by atoms with E-state index in [0.717, 1.165) is 12.8 Å². The van der Waals surface area contributed by atoms with Crippen LogP contribution in [0.2, 0.25) is 0 Å². The van der Waals surface area contributed by atoms with Crippen molar-refractivity contribution in [2.24, 2.45) is 11.3 Å². The summed E-state index contributed by atoms with van der Waals surface area (Å²) < 4.78 is 35.8. The van der Waals surface area contributed by atoms with Gasteiger partial charge in [-0.25, -0.2) is 4.98 Å². The van der Waals surface area contributed by atoms with Gasteiger partial charge < -0.3 is 9.72 Å². The minimum absolute atomic E-state index is 0.354. The van der Waals surface area contributed by atoms with Crippen molar-refractivity contribution in [1.29, 1.82) is 0 Å². The number of ether oxygens (including phenoxy) is 1. The highest BCUT2D eigenvalue weighted by atomic mass is 19.3. The van der Waals surface area contributed by atoms with Crippen LogP contribution >= 0.6 is 0 Å². The molecule has 2 fully saturated rings. The highest BCUT2D eigenvalue weighted by molar-refractivity contribution is 5.75. The first-order valence-electron chi connectivity index (χ1n) is 9.92. The van der Waals surface area contributed by atoms with E-state index in [2.05, 4.69) is 9.97 Å². The zero-order valence-corrected chi connectivity index (χ0v) is 15.7. The third-order valence-corrected chi connectivity index (χ3v) is 6.46. The lowest BCUT2D eigenvalue weighted by atomic mass is 9.87. The van der Waals surface area contributed by atoms with Crippen molar-refractivity contribution in [2.75, 3.05) is 7.11 Å². The van der Waals surface area contributed by atoms with Crippen LogP contribution < -0.4 is 10.3 Å². The van der Waals surface area contributed by atoms with E-state index < -0.39 is 22.6 Å². The molecule has 2 aliphatic rings. The first-order chi connectivity index (χ1) is 12.9. The Kier molecular flexibility index (Phi) is 4.68. The molecule has 146 valence electrons. The first-order valence-corrected chi connectivity index (χ1v) is 9.92. The number of rotatable bonds is 7. The monoisotopic (exact) mass is 376 g/mol. The Labute approximate surface area is 157 Å². The van der Waals surface area contributed by atoms with Crippen molar-refractivity contribution < 1.29 is 13.5 Å². The molecule has 0 amide bonds. The number of hydrogen-bond acceptors (Lipinski definition) is 3. The molecule has 4 nitrogen and oxygen atoms in total. The largest absolute Gasteiger partial charge is 0.497 e. The summed E-state index contributed by atoms with van der Waals surface area (Å²) in [5.41, 5.74) is -1.77. The minimum atomic E-state index is -3.20. The first kappa shape index (κ1) is 18.4. The van der Waals surface area contributed by atoms with Gasteiger partial charge >= 0.3 is 5.92 Å². The zero-order chi connectivity index (χ0) is 19.1. The van der Waals surface area contributed by atoms with E-state index in [0.29, 0.717) is 42.0 Å². The number of aromatic nitrogens is 2. The molecule has 0 aliphatic heterocycles. The van der Waals surface area contributed by atoms with Crippen LogP contribution in [0.1, 0.15) is 63.5 Å². The molecule has 0 bridgehead atoms. The number of fused-ring (bicyclic) bond motifs is 1. The third kappa shape index (κ3) is 3.34. The van der Waals surface area contributed by atoms with Crippen LogP contribution in [0.5, 0.6) is 5.75 Å². The minimum Gasteiger partial charge on any atom is -0.497 e. The summed E-state index contributed by atoms with van der Waals surface area (Å²) in [5.74, 6) is -1.96. The fourth-order valence-corrected chi connectivity index (χ4v) is 4.56. The number of nitrogens with one attached hydrogen (secondary N) is 1. The lowest BCUT2D eigenvalue weighted by Gasteiger charge is -2.26. The standard InChI is InChI=1S/C21H26F2N2O2/c1-27-15-8-9-16-17(13-15)25-19(26)18(24-16)21(22,23)20(11-12-20)10-4-7-14-5-2-3-6-14/h8-9,13-14H,2-7,10-12H2,1H3,(H,25,26). The van der Waals surface area contributed by atoms with Gasteiger partial charge in [-0.1, -0.05) is 38.5 Å². The molecule has 4 rings (SSSR count). The van der Waals surface area contributed by atoms with Crippen LogP contribution in [0.4, 0.5) is 8.78 Å². The number of benzene rings is 1. The Bertz CT molecular complexity index is 883. The van der Waals surface area contributed by atoms with Crippen molar-refractivity contribution in [1.82, 2.24) is 9.97 Å². The molecular weight excluding hydrogens is 350 g/mol. The maximum absolute atomic E-state index is 15.3. The number of methoxy groups -OCH3 is 1. The maximum Gasteiger partial charge on any atom is 0.300 e. The quantitative estimate of drug-likeness (QED) is 0.726. The molecule has 0 saturated heterocycles. The van der Waals surface area contributed by atoms with Crippen LogP contribution in [0, 0.1) is 11.3 Å². The number of nitrogens with zero attached hydrogens (tertiary/aromatic N) is 1. The number of halogens is 2. The summed E-state index contributed by atoms with van der Waals surface area (Å²) in [4.78, 5) is 19.0. The van der Waals surface area contributed by atoms with Crippen molar-refractivity contribution >= 4 is 11.0 Å². The molecule has 1 aromatic carbocycles. The molecule has 0 spiro atoms. The van der Waals surface area contributed by atoms with Gasteiger partial charge in [0.25, 0.3) is 5.56 Å². The summed E-state index contributed by atoms with van der Waals surface area (Å²) in [6.07, 6.45) is 8.25. The molecular formula is C21H26F2N2O2. The van der Waals surface area contributed by atoms with Gasteiger partial charge in [-0.15, -0.1) is 0 Å². The van der Waals surface area contributed by atoms with Crippen molar-refractivity contribution in [3.8, 4) is 5.75 Å². The summed E-state index contributed by atoms with van der Waals surface area (Å²) in [6, 6.07) is 4.85. The van der Waals surface area contributed by atoms with Crippen LogP contribution in [-0.4, -0.2) is 17.1 Å².